The number of sulfonamides is 1. The van der Waals surface area contributed by atoms with Crippen LogP contribution in [0.1, 0.15) is 56.4 Å². The fourth-order valence-corrected chi connectivity index (χ4v) is 6.17. The monoisotopic (exact) mass is 446 g/mol. The van der Waals surface area contributed by atoms with E-state index >= 15 is 0 Å². The first-order chi connectivity index (χ1) is 15.4. The van der Waals surface area contributed by atoms with Crippen molar-refractivity contribution in [1.29, 1.82) is 0 Å². The number of hydrogen-bond acceptors (Lipinski definition) is 3. The highest BCUT2D eigenvalue weighted by Crippen LogP contribution is 2.55. The molecule has 32 heavy (non-hydrogen) atoms. The van der Waals surface area contributed by atoms with E-state index in [2.05, 4.69) is 58.6 Å². The minimum absolute atomic E-state index is 0.0929. The van der Waals surface area contributed by atoms with Gasteiger partial charge in [0.2, 0.25) is 10.0 Å². The summed E-state index contributed by atoms with van der Waals surface area (Å²) in [4.78, 5) is 13.1. The summed E-state index contributed by atoms with van der Waals surface area (Å²) in [6.07, 6.45) is 0.992. The van der Waals surface area contributed by atoms with E-state index in [1.54, 1.807) is 6.07 Å². The van der Waals surface area contributed by atoms with Gasteiger partial charge in [-0.3, -0.25) is 4.79 Å². The number of benzene rings is 3. The molecule has 0 heterocycles. The maximum absolute atomic E-state index is 13.0. The van der Waals surface area contributed by atoms with E-state index in [9.17, 15) is 13.2 Å². The van der Waals surface area contributed by atoms with Gasteiger partial charge in [-0.25, -0.2) is 13.1 Å². The Morgan fingerprint density at radius 2 is 1.53 bits per heavy atom. The van der Waals surface area contributed by atoms with Gasteiger partial charge in [0, 0.05) is 23.9 Å². The molecule has 0 aliphatic heterocycles. The van der Waals surface area contributed by atoms with Crippen molar-refractivity contribution < 1.29 is 13.2 Å². The van der Waals surface area contributed by atoms with Gasteiger partial charge >= 0.3 is 0 Å². The summed E-state index contributed by atoms with van der Waals surface area (Å²) in [6.45, 7) is 2.37. The topological polar surface area (TPSA) is 75.3 Å². The Labute approximate surface area is 188 Å². The van der Waals surface area contributed by atoms with Gasteiger partial charge in [-0.2, -0.15) is 0 Å². The molecule has 3 aliphatic rings. The normalized spacial score (nSPS) is 21.0. The minimum Gasteiger partial charge on any atom is -0.352 e. The van der Waals surface area contributed by atoms with Crippen LogP contribution in [0.4, 0.5) is 0 Å². The first kappa shape index (κ1) is 20.9. The molecule has 0 aromatic heterocycles. The van der Waals surface area contributed by atoms with Crippen LogP contribution in [0.15, 0.2) is 71.6 Å². The second kappa shape index (κ2) is 7.87. The number of nitrogens with one attached hydrogen (secondary N) is 2. The summed E-state index contributed by atoms with van der Waals surface area (Å²) in [5.41, 5.74) is 6.67. The Balaban J connectivity index is 1.41. The third-order valence-electron chi connectivity index (χ3n) is 6.98. The maximum atomic E-state index is 13.0. The van der Waals surface area contributed by atoms with Crippen molar-refractivity contribution in [2.45, 2.75) is 30.1 Å². The van der Waals surface area contributed by atoms with Crippen LogP contribution in [-0.4, -0.2) is 27.9 Å². The average Bonchev–Trinajstić information content (AvgIpc) is 2.82. The lowest BCUT2D eigenvalue weighted by Gasteiger charge is -2.45. The molecule has 0 saturated heterocycles. The van der Waals surface area contributed by atoms with Crippen LogP contribution in [0, 0.1) is 12.8 Å². The second-order valence-electron chi connectivity index (χ2n) is 8.68. The van der Waals surface area contributed by atoms with E-state index in [-0.39, 0.29) is 16.7 Å². The molecular formula is C26H26N2O3S. The number of carbonyl (C=O) groups is 1. The molecule has 164 valence electrons. The molecular weight excluding hydrogens is 420 g/mol. The molecule has 0 saturated carbocycles. The van der Waals surface area contributed by atoms with Crippen molar-refractivity contribution in [1.82, 2.24) is 10.0 Å². The number of fused-ring (bicyclic) bond motifs is 1. The predicted octanol–water partition coefficient (Wildman–Crippen LogP) is 3.93. The third kappa shape index (κ3) is 3.34. The van der Waals surface area contributed by atoms with Crippen LogP contribution in [-0.2, 0) is 10.0 Å². The van der Waals surface area contributed by atoms with Crippen molar-refractivity contribution in [3.63, 3.8) is 0 Å². The van der Waals surface area contributed by atoms with Crippen LogP contribution >= 0.6 is 0 Å². The first-order valence-electron chi connectivity index (χ1n) is 10.9. The van der Waals surface area contributed by atoms with E-state index in [0.717, 1.165) is 12.0 Å². The lowest BCUT2D eigenvalue weighted by atomic mass is 9.59. The van der Waals surface area contributed by atoms with E-state index in [1.165, 1.54) is 41.4 Å². The highest BCUT2D eigenvalue weighted by Gasteiger charge is 2.42. The second-order valence-corrected chi connectivity index (χ2v) is 10.6. The Morgan fingerprint density at radius 1 is 0.938 bits per heavy atom. The highest BCUT2D eigenvalue weighted by molar-refractivity contribution is 7.89. The molecule has 3 aromatic rings. The van der Waals surface area contributed by atoms with E-state index in [1.807, 2.05) is 6.92 Å². The van der Waals surface area contributed by atoms with Crippen LogP contribution in [0.25, 0.3) is 0 Å². The molecule has 6 rings (SSSR count). The van der Waals surface area contributed by atoms with Gasteiger partial charge in [-0.1, -0.05) is 54.6 Å². The van der Waals surface area contributed by atoms with Crippen molar-refractivity contribution in [2.75, 3.05) is 13.6 Å². The lowest BCUT2D eigenvalue weighted by molar-refractivity contribution is 0.0942. The van der Waals surface area contributed by atoms with Gasteiger partial charge in [0.15, 0.2) is 0 Å². The fourth-order valence-electron chi connectivity index (χ4n) is 5.41. The first-order valence-corrected chi connectivity index (χ1v) is 12.4. The molecule has 0 unspecified atom stereocenters. The van der Waals surface area contributed by atoms with Gasteiger partial charge < -0.3 is 5.32 Å². The minimum atomic E-state index is -3.61. The largest absolute Gasteiger partial charge is 0.352 e. The molecule has 2 N–H and O–H groups in total. The smallest absolute Gasteiger partial charge is 0.251 e. The molecule has 0 fully saturated rings. The molecule has 0 radical (unpaired) electrons. The molecule has 5 nitrogen and oxygen atoms in total. The molecule has 2 bridgehead atoms. The van der Waals surface area contributed by atoms with Crippen molar-refractivity contribution in [3.05, 3.63) is 100 Å². The van der Waals surface area contributed by atoms with Gasteiger partial charge in [0.1, 0.15) is 0 Å². The molecule has 1 amide bonds. The number of rotatable bonds is 5. The average molecular weight is 447 g/mol. The molecule has 6 heteroatoms. The Hall–Kier alpha value is -2.96. The molecule has 3 aromatic carbocycles. The van der Waals surface area contributed by atoms with Gasteiger partial charge in [0.25, 0.3) is 5.91 Å². The number of aryl methyl sites for hydroxylation is 1. The van der Waals surface area contributed by atoms with E-state index in [0.29, 0.717) is 23.9 Å². The Morgan fingerprint density at radius 3 is 2.12 bits per heavy atom. The van der Waals surface area contributed by atoms with Crippen LogP contribution in [0.3, 0.4) is 0 Å². The van der Waals surface area contributed by atoms with Crippen LogP contribution in [0.2, 0.25) is 0 Å². The van der Waals surface area contributed by atoms with Gasteiger partial charge in [-0.15, -0.1) is 0 Å². The maximum Gasteiger partial charge on any atom is 0.251 e. The number of hydrogen-bond donors (Lipinski definition) is 2. The molecule has 0 spiro atoms. The summed E-state index contributed by atoms with van der Waals surface area (Å²) >= 11 is 0. The summed E-state index contributed by atoms with van der Waals surface area (Å²) in [7, 11) is -2.25. The van der Waals surface area contributed by atoms with Crippen molar-refractivity contribution in [2.24, 2.45) is 5.92 Å². The van der Waals surface area contributed by atoms with E-state index in [4.69, 9.17) is 0 Å². The van der Waals surface area contributed by atoms with Crippen LogP contribution in [0.5, 0.6) is 0 Å². The predicted molar refractivity (Wildman–Crippen MR) is 124 cm³/mol. The summed E-state index contributed by atoms with van der Waals surface area (Å²) < 4.78 is 26.6. The highest BCUT2D eigenvalue weighted by atomic mass is 32.2. The van der Waals surface area contributed by atoms with Crippen molar-refractivity contribution in [3.8, 4) is 0 Å². The fraction of sp³-hybridized carbons (Fsp3) is 0.269. The number of carbonyl (C=O) groups excluding carboxylic acids is 1. The summed E-state index contributed by atoms with van der Waals surface area (Å²) in [5, 5.41) is 3.10. The zero-order valence-corrected chi connectivity index (χ0v) is 18.9. The Bertz CT molecular complexity index is 1270. The lowest BCUT2D eigenvalue weighted by Crippen LogP contribution is -2.39. The Kier molecular flexibility index (Phi) is 5.14. The van der Waals surface area contributed by atoms with Gasteiger partial charge in [0.05, 0.1) is 4.90 Å². The summed E-state index contributed by atoms with van der Waals surface area (Å²) in [6, 6.07) is 21.9. The zero-order chi connectivity index (χ0) is 22.5. The molecule has 1 atom stereocenters. The van der Waals surface area contributed by atoms with Gasteiger partial charge in [-0.05, 0) is 66.3 Å². The van der Waals surface area contributed by atoms with Crippen molar-refractivity contribution >= 4 is 15.9 Å². The summed E-state index contributed by atoms with van der Waals surface area (Å²) in [5.74, 6) is 0.655. The van der Waals surface area contributed by atoms with Crippen LogP contribution < -0.4 is 10.0 Å². The third-order valence-corrected chi connectivity index (χ3v) is 8.39. The number of amides is 1. The quantitative estimate of drug-likeness (QED) is 0.624. The SMILES string of the molecule is CNS(=O)(=O)c1ccc(C)c(C(=O)NC[C@@H]2CC3c4ccccc4C2c2ccccc23)c1. The van der Waals surface area contributed by atoms with E-state index < -0.39 is 10.0 Å². The molecule has 3 aliphatic carbocycles. The standard InChI is InChI=1S/C26H26N2O3S/c1-16-11-12-18(32(30,31)27-2)14-23(16)26(29)28-15-17-13-24-19-7-3-5-9-21(19)25(17)22-10-6-4-8-20(22)24/h3-12,14,17,24-25,27H,13,15H2,1-2H3,(H,28,29)/t17-,24?,25?/m0/s1. The zero-order valence-electron chi connectivity index (χ0n) is 18.1.